The molecule has 1 aliphatic rings. The van der Waals surface area contributed by atoms with Crippen molar-refractivity contribution < 1.29 is 14.6 Å². The number of H-pyrrole nitrogens is 1. The number of β-amino-alcohol motifs (C(OH)–C–C–N with tert-alkyl or cyclic N) is 1. The van der Waals surface area contributed by atoms with Gasteiger partial charge >= 0.3 is 0 Å². The molecule has 1 amide bonds. The van der Waals surface area contributed by atoms with Gasteiger partial charge in [-0.1, -0.05) is 25.1 Å². The Morgan fingerprint density at radius 3 is 2.96 bits per heavy atom. The van der Waals surface area contributed by atoms with E-state index in [1.165, 1.54) is 0 Å². The SMILES string of the molecule is CCc1[nH]ncc1C(=O)N1CCCC(O)(COc2ccccc2)C1. The molecule has 1 aliphatic heterocycles. The molecule has 24 heavy (non-hydrogen) atoms. The standard InChI is InChI=1S/C18H23N3O3/c1-2-16-15(11-19-20-16)17(22)21-10-6-9-18(23,12-21)13-24-14-7-4-3-5-8-14/h3-5,7-8,11,23H,2,6,9-10,12-13H2,1H3,(H,19,20). The molecule has 0 saturated carbocycles. The van der Waals surface area contributed by atoms with Crippen LogP contribution in [0.3, 0.4) is 0 Å². The van der Waals surface area contributed by atoms with Crippen molar-refractivity contribution in [2.24, 2.45) is 0 Å². The molecule has 128 valence electrons. The fraction of sp³-hybridized carbons (Fsp3) is 0.444. The molecule has 1 atom stereocenters. The highest BCUT2D eigenvalue weighted by Gasteiger charge is 2.37. The summed E-state index contributed by atoms with van der Waals surface area (Å²) in [6.07, 6.45) is 3.65. The number of rotatable bonds is 5. The van der Waals surface area contributed by atoms with Crippen LogP contribution in [-0.4, -0.2) is 51.4 Å². The Bertz CT molecular complexity index is 686. The first-order chi connectivity index (χ1) is 11.6. The number of amides is 1. The average molecular weight is 329 g/mol. The number of carbonyl (C=O) groups is 1. The number of likely N-dealkylation sites (tertiary alicyclic amines) is 1. The maximum atomic E-state index is 12.7. The number of aryl methyl sites for hydroxylation is 1. The molecule has 2 heterocycles. The molecule has 6 nitrogen and oxygen atoms in total. The normalized spacial score (nSPS) is 20.8. The number of carbonyl (C=O) groups excluding carboxylic acids is 1. The average Bonchev–Trinajstić information content (AvgIpc) is 3.09. The van der Waals surface area contributed by atoms with Crippen LogP contribution in [0.1, 0.15) is 35.8 Å². The molecule has 1 fully saturated rings. The monoisotopic (exact) mass is 329 g/mol. The van der Waals surface area contributed by atoms with E-state index >= 15 is 0 Å². The van der Waals surface area contributed by atoms with Gasteiger partial charge in [0.05, 0.1) is 18.3 Å². The number of nitrogens with one attached hydrogen (secondary N) is 1. The summed E-state index contributed by atoms with van der Waals surface area (Å²) >= 11 is 0. The Balaban J connectivity index is 1.66. The van der Waals surface area contributed by atoms with Crippen molar-refractivity contribution in [3.8, 4) is 5.75 Å². The first-order valence-electron chi connectivity index (χ1n) is 8.33. The van der Waals surface area contributed by atoms with Gasteiger partial charge in [-0.3, -0.25) is 9.89 Å². The van der Waals surface area contributed by atoms with Gasteiger partial charge in [-0.25, -0.2) is 0 Å². The Morgan fingerprint density at radius 2 is 2.21 bits per heavy atom. The highest BCUT2D eigenvalue weighted by Crippen LogP contribution is 2.24. The van der Waals surface area contributed by atoms with Crippen LogP contribution in [0.25, 0.3) is 0 Å². The molecule has 0 bridgehead atoms. The third kappa shape index (κ3) is 3.59. The molecular weight excluding hydrogens is 306 g/mol. The Morgan fingerprint density at radius 1 is 1.42 bits per heavy atom. The van der Waals surface area contributed by atoms with Crippen LogP contribution in [0.2, 0.25) is 0 Å². The topological polar surface area (TPSA) is 78.5 Å². The molecule has 0 aliphatic carbocycles. The maximum absolute atomic E-state index is 12.7. The summed E-state index contributed by atoms with van der Waals surface area (Å²) in [6, 6.07) is 9.41. The summed E-state index contributed by atoms with van der Waals surface area (Å²) in [5.74, 6) is 0.635. The van der Waals surface area contributed by atoms with Gasteiger partial charge in [0.15, 0.2) is 0 Å². The Hall–Kier alpha value is -2.34. The zero-order valence-electron chi connectivity index (χ0n) is 13.9. The lowest BCUT2D eigenvalue weighted by Gasteiger charge is -2.38. The van der Waals surface area contributed by atoms with E-state index < -0.39 is 5.60 Å². The van der Waals surface area contributed by atoms with E-state index in [9.17, 15) is 9.90 Å². The van der Waals surface area contributed by atoms with Crippen LogP contribution in [-0.2, 0) is 6.42 Å². The number of nitrogens with zero attached hydrogens (tertiary/aromatic N) is 2. The Kier molecular flexibility index (Phi) is 4.85. The molecule has 1 unspecified atom stereocenters. The van der Waals surface area contributed by atoms with E-state index in [1.807, 2.05) is 37.3 Å². The molecule has 2 aromatic rings. The van der Waals surface area contributed by atoms with Gasteiger partial charge in [-0.2, -0.15) is 5.10 Å². The molecule has 1 saturated heterocycles. The summed E-state index contributed by atoms with van der Waals surface area (Å²) in [6.45, 7) is 3.06. The lowest BCUT2D eigenvalue weighted by Crippen LogP contribution is -2.53. The summed E-state index contributed by atoms with van der Waals surface area (Å²) in [5, 5.41) is 17.7. The largest absolute Gasteiger partial charge is 0.491 e. The fourth-order valence-corrected chi connectivity index (χ4v) is 3.07. The molecular formula is C18H23N3O3. The van der Waals surface area contributed by atoms with Gasteiger partial charge in [0.1, 0.15) is 18.0 Å². The highest BCUT2D eigenvalue weighted by molar-refractivity contribution is 5.95. The smallest absolute Gasteiger partial charge is 0.257 e. The number of aliphatic hydroxyl groups is 1. The minimum atomic E-state index is -1.03. The number of aromatic nitrogens is 2. The quantitative estimate of drug-likeness (QED) is 0.880. The van der Waals surface area contributed by atoms with E-state index in [0.29, 0.717) is 18.5 Å². The number of hydrogen-bond acceptors (Lipinski definition) is 4. The van der Waals surface area contributed by atoms with E-state index in [-0.39, 0.29) is 19.1 Å². The first-order valence-corrected chi connectivity index (χ1v) is 8.33. The van der Waals surface area contributed by atoms with E-state index in [2.05, 4.69) is 10.2 Å². The molecule has 0 spiro atoms. The van der Waals surface area contributed by atoms with Gasteiger partial charge in [0.25, 0.3) is 5.91 Å². The minimum Gasteiger partial charge on any atom is -0.491 e. The summed E-state index contributed by atoms with van der Waals surface area (Å²) < 4.78 is 5.71. The van der Waals surface area contributed by atoms with Crippen LogP contribution in [0.5, 0.6) is 5.75 Å². The van der Waals surface area contributed by atoms with Gasteiger partial charge in [0, 0.05) is 12.2 Å². The lowest BCUT2D eigenvalue weighted by atomic mass is 9.93. The zero-order chi connectivity index (χ0) is 17.0. The second kappa shape index (κ2) is 7.05. The Labute approximate surface area is 141 Å². The summed E-state index contributed by atoms with van der Waals surface area (Å²) in [5.41, 5.74) is 0.389. The van der Waals surface area contributed by atoms with Crippen molar-refractivity contribution in [1.29, 1.82) is 0 Å². The van der Waals surface area contributed by atoms with Crippen molar-refractivity contribution in [3.05, 3.63) is 47.8 Å². The van der Waals surface area contributed by atoms with Gasteiger partial charge < -0.3 is 14.7 Å². The van der Waals surface area contributed by atoms with Crippen molar-refractivity contribution in [3.63, 3.8) is 0 Å². The number of aromatic amines is 1. The summed E-state index contributed by atoms with van der Waals surface area (Å²) in [4.78, 5) is 14.4. The van der Waals surface area contributed by atoms with Gasteiger partial charge in [-0.05, 0) is 31.4 Å². The van der Waals surface area contributed by atoms with E-state index in [4.69, 9.17) is 4.74 Å². The highest BCUT2D eigenvalue weighted by atomic mass is 16.5. The molecule has 1 aromatic heterocycles. The molecule has 2 N–H and O–H groups in total. The third-order valence-electron chi connectivity index (χ3n) is 4.40. The van der Waals surface area contributed by atoms with Gasteiger partial charge in [-0.15, -0.1) is 0 Å². The van der Waals surface area contributed by atoms with Crippen LogP contribution in [0.4, 0.5) is 0 Å². The molecule has 3 rings (SSSR count). The number of hydrogen-bond donors (Lipinski definition) is 2. The van der Waals surface area contributed by atoms with Crippen molar-refractivity contribution in [2.45, 2.75) is 31.8 Å². The van der Waals surface area contributed by atoms with Crippen LogP contribution in [0.15, 0.2) is 36.5 Å². The van der Waals surface area contributed by atoms with Crippen LogP contribution in [0, 0.1) is 0 Å². The van der Waals surface area contributed by atoms with Crippen LogP contribution >= 0.6 is 0 Å². The van der Waals surface area contributed by atoms with Crippen LogP contribution < -0.4 is 4.74 Å². The predicted molar refractivity (Wildman–Crippen MR) is 90.0 cm³/mol. The van der Waals surface area contributed by atoms with E-state index in [0.717, 1.165) is 24.3 Å². The molecule has 6 heteroatoms. The maximum Gasteiger partial charge on any atom is 0.257 e. The van der Waals surface area contributed by atoms with E-state index in [1.54, 1.807) is 11.1 Å². The number of para-hydroxylation sites is 1. The van der Waals surface area contributed by atoms with Crippen molar-refractivity contribution in [1.82, 2.24) is 15.1 Å². The third-order valence-corrected chi connectivity index (χ3v) is 4.40. The number of piperidine rings is 1. The first kappa shape index (κ1) is 16.5. The molecule has 0 radical (unpaired) electrons. The minimum absolute atomic E-state index is 0.0848. The molecule has 1 aromatic carbocycles. The lowest BCUT2D eigenvalue weighted by molar-refractivity contribution is -0.0532. The van der Waals surface area contributed by atoms with Crippen molar-refractivity contribution in [2.75, 3.05) is 19.7 Å². The predicted octanol–water partition coefficient (Wildman–Crippen LogP) is 2.02. The second-order valence-electron chi connectivity index (χ2n) is 6.27. The number of ether oxygens (including phenoxy) is 1. The zero-order valence-corrected chi connectivity index (χ0v) is 13.9. The second-order valence-corrected chi connectivity index (χ2v) is 6.27. The number of benzene rings is 1. The van der Waals surface area contributed by atoms with Crippen molar-refractivity contribution >= 4 is 5.91 Å². The fourth-order valence-electron chi connectivity index (χ4n) is 3.07. The summed E-state index contributed by atoms with van der Waals surface area (Å²) in [7, 11) is 0. The van der Waals surface area contributed by atoms with Gasteiger partial charge in [0.2, 0.25) is 0 Å².